The van der Waals surface area contributed by atoms with E-state index in [4.69, 9.17) is 10.5 Å². The summed E-state index contributed by atoms with van der Waals surface area (Å²) in [7, 11) is 0. The number of carbonyl (C=O) groups excluding carboxylic acids is 1. The van der Waals surface area contributed by atoms with Crippen LogP contribution in [-0.4, -0.2) is 19.1 Å². The zero-order valence-corrected chi connectivity index (χ0v) is 12.0. The van der Waals surface area contributed by atoms with Crippen molar-refractivity contribution in [2.75, 3.05) is 13.2 Å². The van der Waals surface area contributed by atoms with Crippen LogP contribution in [0.25, 0.3) is 0 Å². The molecule has 3 N–H and O–H groups in total. The molecule has 1 aromatic carbocycles. The van der Waals surface area contributed by atoms with Crippen LogP contribution in [0.15, 0.2) is 24.3 Å². The van der Waals surface area contributed by atoms with Crippen molar-refractivity contribution in [3.05, 3.63) is 29.8 Å². The van der Waals surface area contributed by atoms with Gasteiger partial charge in [-0.15, -0.1) is 0 Å². The molecule has 0 radical (unpaired) electrons. The quantitative estimate of drug-likeness (QED) is 0.757. The van der Waals surface area contributed by atoms with E-state index >= 15 is 0 Å². The molecule has 2 unspecified atom stereocenters. The number of nitrogens with two attached hydrogens (primary N) is 1. The average molecular weight is 264 g/mol. The smallest absolute Gasteiger partial charge is 0.223 e. The first-order chi connectivity index (χ1) is 9.06. The maximum absolute atomic E-state index is 11.0. The van der Waals surface area contributed by atoms with E-state index in [1.54, 1.807) is 6.92 Å². The number of benzene rings is 1. The van der Waals surface area contributed by atoms with Gasteiger partial charge in [0.15, 0.2) is 0 Å². The minimum Gasteiger partial charge on any atom is -0.492 e. The molecule has 0 spiro atoms. The molecule has 106 valence electrons. The summed E-state index contributed by atoms with van der Waals surface area (Å²) < 4.78 is 5.72. The molecule has 0 aliphatic carbocycles. The Morgan fingerprint density at radius 2 is 2.05 bits per heavy atom. The van der Waals surface area contributed by atoms with Crippen molar-refractivity contribution in [3.8, 4) is 5.75 Å². The molecule has 0 aliphatic rings. The van der Waals surface area contributed by atoms with Crippen molar-refractivity contribution in [2.45, 2.75) is 33.2 Å². The second-order valence-electron chi connectivity index (χ2n) is 4.83. The predicted octanol–water partition coefficient (Wildman–Crippen LogP) is 2.25. The van der Waals surface area contributed by atoms with E-state index < -0.39 is 0 Å². The Morgan fingerprint density at radius 3 is 2.68 bits per heavy atom. The Bertz CT molecular complexity index is 407. The highest BCUT2D eigenvalue weighted by Gasteiger charge is 2.13. The molecule has 0 fully saturated rings. The minimum atomic E-state index is -0.338. The molecule has 19 heavy (non-hydrogen) atoms. The van der Waals surface area contributed by atoms with E-state index in [1.807, 2.05) is 24.3 Å². The first-order valence-corrected chi connectivity index (χ1v) is 6.80. The molecule has 0 saturated heterocycles. The number of primary amides is 1. The lowest BCUT2D eigenvalue weighted by atomic mass is 10.1. The van der Waals surface area contributed by atoms with Crippen LogP contribution in [-0.2, 0) is 4.79 Å². The summed E-state index contributed by atoms with van der Waals surface area (Å²) >= 11 is 0. The number of ether oxygens (including phenoxy) is 1. The van der Waals surface area contributed by atoms with Gasteiger partial charge in [-0.25, -0.2) is 0 Å². The fourth-order valence-corrected chi connectivity index (χ4v) is 1.74. The van der Waals surface area contributed by atoms with Crippen molar-refractivity contribution in [1.82, 2.24) is 5.32 Å². The van der Waals surface area contributed by atoms with Gasteiger partial charge in [0.05, 0.1) is 12.5 Å². The highest BCUT2D eigenvalue weighted by atomic mass is 16.5. The first kappa shape index (κ1) is 15.5. The van der Waals surface area contributed by atoms with Crippen molar-refractivity contribution in [3.63, 3.8) is 0 Å². The molecule has 1 aromatic rings. The van der Waals surface area contributed by atoms with Crippen molar-refractivity contribution in [1.29, 1.82) is 0 Å². The molecule has 2 atom stereocenters. The highest BCUT2D eigenvalue weighted by molar-refractivity contribution is 5.76. The topological polar surface area (TPSA) is 64.3 Å². The highest BCUT2D eigenvalue weighted by Crippen LogP contribution is 2.25. The summed E-state index contributed by atoms with van der Waals surface area (Å²) in [6, 6.07) is 8.11. The summed E-state index contributed by atoms with van der Waals surface area (Å²) in [6.07, 6.45) is 1.09. The van der Waals surface area contributed by atoms with Crippen LogP contribution < -0.4 is 15.8 Å². The lowest BCUT2D eigenvalue weighted by molar-refractivity contribution is -0.122. The van der Waals surface area contributed by atoms with E-state index in [-0.39, 0.29) is 17.9 Å². The number of nitrogens with one attached hydrogen (secondary N) is 1. The lowest BCUT2D eigenvalue weighted by Gasteiger charge is -2.19. The third kappa shape index (κ3) is 4.91. The van der Waals surface area contributed by atoms with Crippen molar-refractivity contribution < 1.29 is 9.53 Å². The molecule has 0 saturated carbocycles. The molecular weight excluding hydrogens is 240 g/mol. The van der Waals surface area contributed by atoms with Crippen LogP contribution in [0, 0.1) is 5.92 Å². The predicted molar refractivity (Wildman–Crippen MR) is 77.0 cm³/mol. The number of hydrogen-bond acceptors (Lipinski definition) is 3. The molecular formula is C15H24N2O2. The third-order valence-corrected chi connectivity index (χ3v) is 3.06. The Balaban J connectivity index is 2.69. The number of amides is 1. The normalized spacial score (nSPS) is 13.8. The monoisotopic (exact) mass is 264 g/mol. The summed E-state index contributed by atoms with van der Waals surface area (Å²) in [5.74, 6) is 0.188. The number of carbonyl (C=O) groups is 1. The fourth-order valence-electron chi connectivity index (χ4n) is 1.74. The Kier molecular flexibility index (Phi) is 6.36. The van der Waals surface area contributed by atoms with Gasteiger partial charge in [-0.05, 0) is 26.0 Å². The summed E-state index contributed by atoms with van der Waals surface area (Å²) in [5, 5.41) is 3.43. The fraction of sp³-hybridized carbons (Fsp3) is 0.533. The van der Waals surface area contributed by atoms with Crippen LogP contribution in [0.3, 0.4) is 0 Å². The maximum atomic E-state index is 11.0. The zero-order chi connectivity index (χ0) is 14.3. The summed E-state index contributed by atoms with van der Waals surface area (Å²) in [5.41, 5.74) is 6.34. The standard InChI is InChI=1S/C15H24N2O2/c1-4-9-17-12(3)13-7-5-6-8-14(13)19-10-11(2)15(16)18/h5-8,11-12,17H,4,9-10H2,1-3H3,(H2,16,18). The Hall–Kier alpha value is -1.55. The average Bonchev–Trinajstić information content (AvgIpc) is 2.42. The summed E-state index contributed by atoms with van der Waals surface area (Å²) in [6.45, 7) is 7.29. The first-order valence-electron chi connectivity index (χ1n) is 6.80. The SMILES string of the molecule is CCCNC(C)c1ccccc1OCC(C)C(N)=O. The van der Waals surface area contributed by atoms with Gasteiger partial charge in [0, 0.05) is 11.6 Å². The van der Waals surface area contributed by atoms with E-state index in [0.717, 1.165) is 24.3 Å². The molecule has 4 nitrogen and oxygen atoms in total. The molecule has 0 aliphatic heterocycles. The van der Waals surface area contributed by atoms with E-state index in [1.165, 1.54) is 0 Å². The lowest BCUT2D eigenvalue weighted by Crippen LogP contribution is -2.26. The largest absolute Gasteiger partial charge is 0.492 e. The van der Waals surface area contributed by atoms with Gasteiger partial charge >= 0.3 is 0 Å². The molecule has 1 amide bonds. The number of rotatable bonds is 8. The Morgan fingerprint density at radius 1 is 1.37 bits per heavy atom. The zero-order valence-electron chi connectivity index (χ0n) is 12.0. The van der Waals surface area contributed by atoms with Gasteiger partial charge in [0.2, 0.25) is 5.91 Å². The second kappa shape index (κ2) is 7.79. The van der Waals surface area contributed by atoms with E-state index in [9.17, 15) is 4.79 Å². The van der Waals surface area contributed by atoms with Gasteiger partial charge in [-0.2, -0.15) is 0 Å². The van der Waals surface area contributed by atoms with E-state index in [0.29, 0.717) is 6.61 Å². The van der Waals surface area contributed by atoms with Gasteiger partial charge in [0.25, 0.3) is 0 Å². The van der Waals surface area contributed by atoms with Gasteiger partial charge < -0.3 is 15.8 Å². The van der Waals surface area contributed by atoms with Crippen LogP contribution in [0.5, 0.6) is 5.75 Å². The maximum Gasteiger partial charge on any atom is 0.223 e. The molecule has 4 heteroatoms. The molecule has 0 aromatic heterocycles. The number of para-hydroxylation sites is 1. The van der Waals surface area contributed by atoms with Crippen LogP contribution in [0.1, 0.15) is 38.8 Å². The molecule has 1 rings (SSSR count). The van der Waals surface area contributed by atoms with Crippen LogP contribution in [0.4, 0.5) is 0 Å². The van der Waals surface area contributed by atoms with Crippen molar-refractivity contribution in [2.24, 2.45) is 11.7 Å². The van der Waals surface area contributed by atoms with Gasteiger partial charge in [-0.1, -0.05) is 32.0 Å². The molecule has 0 heterocycles. The van der Waals surface area contributed by atoms with Crippen molar-refractivity contribution >= 4 is 5.91 Å². The van der Waals surface area contributed by atoms with Crippen LogP contribution in [0.2, 0.25) is 0 Å². The van der Waals surface area contributed by atoms with Gasteiger partial charge in [-0.3, -0.25) is 4.79 Å². The van der Waals surface area contributed by atoms with E-state index in [2.05, 4.69) is 19.2 Å². The summed E-state index contributed by atoms with van der Waals surface area (Å²) in [4.78, 5) is 11.0. The minimum absolute atomic E-state index is 0.222. The number of hydrogen-bond donors (Lipinski definition) is 2. The third-order valence-electron chi connectivity index (χ3n) is 3.06. The van der Waals surface area contributed by atoms with Gasteiger partial charge in [0.1, 0.15) is 5.75 Å². The molecule has 0 bridgehead atoms. The van der Waals surface area contributed by atoms with Crippen LogP contribution >= 0.6 is 0 Å². The second-order valence-corrected chi connectivity index (χ2v) is 4.83. The Labute approximate surface area is 115 Å².